The molecule has 0 heterocycles. The van der Waals surface area contributed by atoms with Crippen molar-refractivity contribution in [2.75, 3.05) is 39.3 Å². The van der Waals surface area contributed by atoms with Crippen LogP contribution in [0, 0.1) is 0 Å². The van der Waals surface area contributed by atoms with Crippen LogP contribution in [0.15, 0.2) is 59.5 Å². The zero-order valence-electron chi connectivity index (χ0n) is 27.7. The quantitative estimate of drug-likeness (QED) is 0.218. The molecule has 0 saturated heterocycles. The monoisotopic (exact) mass is 709 g/mol. The first-order chi connectivity index (χ1) is 22.1. The number of hydrogen-bond acceptors (Lipinski definition) is 8. The Bertz CT molecular complexity index is 1700. The Labute approximate surface area is 286 Å². The van der Waals surface area contributed by atoms with E-state index in [9.17, 15) is 18.0 Å². The standard InChI is InChI=1S/C33H41Cl2N3O8S/c1-9-26(32(40)36-33(2,3)4)37(19-21-10-11-22(34)16-25(21)35)31(39)20-38(27-17-23(43-5)12-14-28(27)44-6)47(41,42)24-13-15-29(45-7)30(18-24)46-8/h10-18,26H,9,19-20H2,1-8H3,(H,36,40)/t26-/m0/s1. The summed E-state index contributed by atoms with van der Waals surface area (Å²) < 4.78 is 51.5. The minimum Gasteiger partial charge on any atom is -0.497 e. The van der Waals surface area contributed by atoms with E-state index in [2.05, 4.69) is 5.32 Å². The molecule has 0 unspecified atom stereocenters. The number of methoxy groups -OCH3 is 4. The van der Waals surface area contributed by atoms with Gasteiger partial charge in [-0.25, -0.2) is 8.42 Å². The highest BCUT2D eigenvalue weighted by molar-refractivity contribution is 7.92. The van der Waals surface area contributed by atoms with Gasteiger partial charge >= 0.3 is 0 Å². The fourth-order valence-electron chi connectivity index (χ4n) is 4.82. The number of anilines is 1. The lowest BCUT2D eigenvalue weighted by Gasteiger charge is -2.35. The molecule has 0 aliphatic rings. The first kappa shape index (κ1) is 37.6. The number of sulfonamides is 1. The summed E-state index contributed by atoms with van der Waals surface area (Å²) in [5, 5.41) is 3.61. The van der Waals surface area contributed by atoms with Crippen LogP contribution in [0.1, 0.15) is 39.7 Å². The van der Waals surface area contributed by atoms with Gasteiger partial charge in [0.05, 0.1) is 39.0 Å². The van der Waals surface area contributed by atoms with Crippen LogP contribution in [-0.2, 0) is 26.2 Å². The van der Waals surface area contributed by atoms with E-state index >= 15 is 0 Å². The van der Waals surface area contributed by atoms with Gasteiger partial charge in [0.25, 0.3) is 10.0 Å². The van der Waals surface area contributed by atoms with Crippen LogP contribution in [0.25, 0.3) is 0 Å². The van der Waals surface area contributed by atoms with Crippen molar-refractivity contribution in [3.8, 4) is 23.0 Å². The predicted molar refractivity (Wildman–Crippen MR) is 183 cm³/mol. The van der Waals surface area contributed by atoms with Crippen molar-refractivity contribution in [1.82, 2.24) is 10.2 Å². The summed E-state index contributed by atoms with van der Waals surface area (Å²) in [4.78, 5) is 29.2. The smallest absolute Gasteiger partial charge is 0.265 e. The molecule has 3 aromatic carbocycles. The largest absolute Gasteiger partial charge is 0.497 e. The molecule has 2 amide bonds. The summed E-state index contributed by atoms with van der Waals surface area (Å²) in [6.07, 6.45) is 0.226. The second kappa shape index (κ2) is 15.8. The van der Waals surface area contributed by atoms with E-state index in [0.717, 1.165) is 4.31 Å². The summed E-state index contributed by atoms with van der Waals surface area (Å²) in [5.41, 5.74) is -0.0557. The van der Waals surface area contributed by atoms with E-state index < -0.39 is 40.0 Å². The van der Waals surface area contributed by atoms with Crippen molar-refractivity contribution in [2.24, 2.45) is 0 Å². The lowest BCUT2D eigenvalue weighted by molar-refractivity contribution is -0.141. The lowest BCUT2D eigenvalue weighted by atomic mass is 10.1. The van der Waals surface area contributed by atoms with E-state index in [-0.39, 0.29) is 40.1 Å². The van der Waals surface area contributed by atoms with Gasteiger partial charge in [0.15, 0.2) is 11.5 Å². The number of hydrogen-bond donors (Lipinski definition) is 1. The van der Waals surface area contributed by atoms with Crippen molar-refractivity contribution >= 4 is 50.7 Å². The highest BCUT2D eigenvalue weighted by Gasteiger charge is 2.36. The molecule has 47 heavy (non-hydrogen) atoms. The second-order valence-electron chi connectivity index (χ2n) is 11.5. The molecule has 256 valence electrons. The first-order valence-corrected chi connectivity index (χ1v) is 16.8. The molecule has 0 aliphatic heterocycles. The molecule has 0 saturated carbocycles. The van der Waals surface area contributed by atoms with Gasteiger partial charge in [0.1, 0.15) is 24.1 Å². The van der Waals surface area contributed by atoms with Gasteiger partial charge in [-0.2, -0.15) is 0 Å². The van der Waals surface area contributed by atoms with E-state index in [1.165, 1.54) is 69.7 Å². The van der Waals surface area contributed by atoms with E-state index in [1.807, 2.05) is 20.8 Å². The SMILES string of the molecule is CC[C@@H](C(=O)NC(C)(C)C)N(Cc1ccc(Cl)cc1Cl)C(=O)CN(c1cc(OC)ccc1OC)S(=O)(=O)c1ccc(OC)c(OC)c1. The zero-order chi connectivity index (χ0) is 35.1. The number of rotatable bonds is 14. The molecule has 0 aliphatic carbocycles. The summed E-state index contributed by atoms with van der Waals surface area (Å²) in [5.74, 6) is -0.127. The second-order valence-corrected chi connectivity index (χ2v) is 14.2. The van der Waals surface area contributed by atoms with Crippen molar-refractivity contribution in [2.45, 2.75) is 57.1 Å². The third kappa shape index (κ3) is 9.15. The predicted octanol–water partition coefficient (Wildman–Crippen LogP) is 5.95. The van der Waals surface area contributed by atoms with E-state index in [0.29, 0.717) is 22.1 Å². The molecule has 3 aromatic rings. The molecule has 0 spiro atoms. The van der Waals surface area contributed by atoms with E-state index in [1.54, 1.807) is 25.1 Å². The molecule has 3 rings (SSSR count). The number of carbonyl (C=O) groups excluding carboxylic acids is 2. The number of nitrogens with one attached hydrogen (secondary N) is 1. The fourth-order valence-corrected chi connectivity index (χ4v) is 6.72. The molecule has 0 bridgehead atoms. The third-order valence-corrected chi connectivity index (χ3v) is 9.46. The van der Waals surface area contributed by atoms with Gasteiger partial charge in [-0.05, 0) is 69.2 Å². The zero-order valence-corrected chi connectivity index (χ0v) is 30.0. The minimum atomic E-state index is -4.50. The molecular formula is C33H41Cl2N3O8S. The average Bonchev–Trinajstić information content (AvgIpc) is 3.02. The maximum atomic E-state index is 14.5. The van der Waals surface area contributed by atoms with Crippen LogP contribution in [-0.4, -0.2) is 71.7 Å². The van der Waals surface area contributed by atoms with Crippen molar-refractivity contribution < 1.29 is 37.0 Å². The van der Waals surface area contributed by atoms with Crippen LogP contribution in [0.4, 0.5) is 5.69 Å². The maximum absolute atomic E-state index is 14.5. The van der Waals surface area contributed by atoms with Gasteiger partial charge in [-0.15, -0.1) is 0 Å². The molecule has 0 aromatic heterocycles. The Morgan fingerprint density at radius 3 is 2.04 bits per heavy atom. The van der Waals surface area contributed by atoms with E-state index in [4.69, 9.17) is 42.1 Å². The Balaban J connectivity index is 2.23. The molecule has 0 radical (unpaired) electrons. The van der Waals surface area contributed by atoms with Gasteiger partial charge in [0, 0.05) is 34.3 Å². The van der Waals surface area contributed by atoms with Crippen molar-refractivity contribution in [3.05, 3.63) is 70.2 Å². The number of halogens is 2. The van der Waals surface area contributed by atoms with Gasteiger partial charge in [-0.1, -0.05) is 36.2 Å². The maximum Gasteiger partial charge on any atom is 0.265 e. The number of benzene rings is 3. The number of carbonyl (C=O) groups is 2. The summed E-state index contributed by atoms with van der Waals surface area (Å²) in [7, 11) is 1.13. The fraction of sp³-hybridized carbons (Fsp3) is 0.394. The summed E-state index contributed by atoms with van der Waals surface area (Å²) >= 11 is 12.6. The normalized spacial score (nSPS) is 12.1. The molecule has 14 heteroatoms. The van der Waals surface area contributed by atoms with Gasteiger partial charge < -0.3 is 29.2 Å². The van der Waals surface area contributed by atoms with Crippen LogP contribution >= 0.6 is 23.2 Å². The van der Waals surface area contributed by atoms with Gasteiger partial charge in [-0.3, -0.25) is 13.9 Å². The van der Waals surface area contributed by atoms with Crippen molar-refractivity contribution in [3.63, 3.8) is 0 Å². The number of nitrogens with zero attached hydrogens (tertiary/aromatic N) is 2. The molecule has 0 fully saturated rings. The lowest BCUT2D eigenvalue weighted by Crippen LogP contribution is -2.55. The molecule has 1 atom stereocenters. The molecular weight excluding hydrogens is 669 g/mol. The van der Waals surface area contributed by atoms with Crippen LogP contribution in [0.2, 0.25) is 10.0 Å². The highest BCUT2D eigenvalue weighted by Crippen LogP contribution is 2.38. The van der Waals surface area contributed by atoms with Crippen LogP contribution in [0.5, 0.6) is 23.0 Å². The molecule has 1 N–H and O–H groups in total. The number of ether oxygens (including phenoxy) is 4. The van der Waals surface area contributed by atoms with Gasteiger partial charge in [0.2, 0.25) is 11.8 Å². The topological polar surface area (TPSA) is 124 Å². The third-order valence-electron chi connectivity index (χ3n) is 7.12. The first-order valence-electron chi connectivity index (χ1n) is 14.6. The summed E-state index contributed by atoms with van der Waals surface area (Å²) in [6, 6.07) is 12.5. The number of amides is 2. The Kier molecular flexibility index (Phi) is 12.6. The molecule has 11 nitrogen and oxygen atoms in total. The average molecular weight is 711 g/mol. The van der Waals surface area contributed by atoms with Crippen molar-refractivity contribution in [1.29, 1.82) is 0 Å². The van der Waals surface area contributed by atoms with Crippen LogP contribution < -0.4 is 28.6 Å². The Morgan fingerprint density at radius 2 is 1.49 bits per heavy atom. The Morgan fingerprint density at radius 1 is 0.851 bits per heavy atom. The van der Waals surface area contributed by atoms with Crippen LogP contribution in [0.3, 0.4) is 0 Å². The summed E-state index contributed by atoms with van der Waals surface area (Å²) in [6.45, 7) is 6.42. The minimum absolute atomic E-state index is 0.0339. The highest BCUT2D eigenvalue weighted by atomic mass is 35.5. The Hall–Kier alpha value is -3.87.